The second-order valence-corrected chi connectivity index (χ2v) is 7.59. The van der Waals surface area contributed by atoms with Crippen LogP contribution in [0.1, 0.15) is 49.2 Å². The van der Waals surface area contributed by atoms with Crippen molar-refractivity contribution in [1.82, 2.24) is 20.1 Å². The first-order valence-electron chi connectivity index (χ1n) is 9.52. The Kier molecular flexibility index (Phi) is 4.93. The Bertz CT molecular complexity index is 975. The van der Waals surface area contributed by atoms with Crippen LogP contribution in [-0.4, -0.2) is 39.2 Å². The van der Waals surface area contributed by atoms with Gasteiger partial charge < -0.3 is 15.4 Å². The average Bonchev–Trinajstić information content (AvgIpc) is 3.04. The maximum Gasteiger partial charge on any atom is 0.291 e. The van der Waals surface area contributed by atoms with Gasteiger partial charge in [-0.1, -0.05) is 13.8 Å². The molecule has 0 bridgehead atoms. The lowest BCUT2D eigenvalue weighted by Gasteiger charge is -2.26. The molecular weight excluding hydrogens is 384 g/mol. The van der Waals surface area contributed by atoms with Crippen LogP contribution in [0.4, 0.5) is 14.5 Å². The fourth-order valence-electron chi connectivity index (χ4n) is 3.67. The predicted molar refractivity (Wildman–Crippen MR) is 98.6 cm³/mol. The first-order valence-corrected chi connectivity index (χ1v) is 9.52. The van der Waals surface area contributed by atoms with Crippen LogP contribution in [-0.2, 0) is 11.2 Å². The number of nitrogens with one attached hydrogen (secondary N) is 2. The Hall–Kier alpha value is -3.04. The van der Waals surface area contributed by atoms with E-state index in [0.717, 1.165) is 31.2 Å². The minimum Gasteiger partial charge on any atom is -0.488 e. The minimum absolute atomic E-state index is 0.0284. The van der Waals surface area contributed by atoms with Gasteiger partial charge >= 0.3 is 0 Å². The molecule has 0 radical (unpaired) electrons. The molecule has 3 heterocycles. The lowest BCUT2D eigenvalue weighted by atomic mass is 9.95. The quantitative estimate of drug-likeness (QED) is 0.816. The number of hydrogen-bond donors (Lipinski definition) is 2. The van der Waals surface area contributed by atoms with E-state index >= 15 is 0 Å². The number of nitrogens with zero attached hydrogens (tertiary/aromatic N) is 3. The second-order valence-electron chi connectivity index (χ2n) is 7.59. The van der Waals surface area contributed by atoms with Crippen LogP contribution in [0.3, 0.4) is 0 Å². The van der Waals surface area contributed by atoms with Gasteiger partial charge in [0.05, 0.1) is 6.04 Å². The van der Waals surface area contributed by atoms with Crippen molar-refractivity contribution in [1.29, 1.82) is 0 Å². The molecule has 0 saturated heterocycles. The number of fused-ring (bicyclic) bond motifs is 2. The van der Waals surface area contributed by atoms with Gasteiger partial charge in [-0.3, -0.25) is 9.59 Å². The van der Waals surface area contributed by atoms with Gasteiger partial charge in [0.2, 0.25) is 5.82 Å². The van der Waals surface area contributed by atoms with Crippen molar-refractivity contribution >= 4 is 17.5 Å². The van der Waals surface area contributed by atoms with Crippen molar-refractivity contribution in [3.63, 3.8) is 0 Å². The van der Waals surface area contributed by atoms with Crippen molar-refractivity contribution in [2.24, 2.45) is 5.92 Å². The molecule has 0 spiro atoms. The standard InChI is InChI=1S/C19H21F2N5O3/c1-9(2)13-4-3-5-15-23-17(25-26(13)15)19(28)22-12-8-29-14-7-10(20)6-11(21)16(14)24-18(12)27/h6-7,9,12-13H,3-5,8H2,1-2H3,(H,22,28)(H,24,27)/t12-,13-/m0/s1. The highest BCUT2D eigenvalue weighted by Gasteiger charge is 2.31. The van der Waals surface area contributed by atoms with Crippen molar-refractivity contribution in [2.45, 2.75) is 45.2 Å². The highest BCUT2D eigenvalue weighted by Crippen LogP contribution is 2.31. The van der Waals surface area contributed by atoms with Gasteiger partial charge in [0.25, 0.3) is 11.8 Å². The van der Waals surface area contributed by atoms with E-state index in [-0.39, 0.29) is 29.9 Å². The van der Waals surface area contributed by atoms with Crippen LogP contribution in [0.2, 0.25) is 0 Å². The Morgan fingerprint density at radius 2 is 2.17 bits per heavy atom. The van der Waals surface area contributed by atoms with E-state index in [1.165, 1.54) is 0 Å². The molecule has 1 aromatic heterocycles. The molecule has 10 heteroatoms. The summed E-state index contributed by atoms with van der Waals surface area (Å²) in [6.45, 7) is 3.90. The number of ether oxygens (including phenoxy) is 1. The normalized spacial score (nSPS) is 20.9. The molecule has 154 valence electrons. The number of carbonyl (C=O) groups excluding carboxylic acids is 2. The molecule has 2 N–H and O–H groups in total. The molecule has 2 atom stereocenters. The van der Waals surface area contributed by atoms with Crippen molar-refractivity contribution < 1.29 is 23.1 Å². The summed E-state index contributed by atoms with van der Waals surface area (Å²) in [6.07, 6.45) is 2.67. The smallest absolute Gasteiger partial charge is 0.291 e. The number of carbonyl (C=O) groups is 2. The zero-order chi connectivity index (χ0) is 20.7. The third-order valence-electron chi connectivity index (χ3n) is 5.18. The van der Waals surface area contributed by atoms with E-state index in [2.05, 4.69) is 34.6 Å². The molecule has 2 aliphatic heterocycles. The number of amides is 2. The number of aryl methyl sites for hydroxylation is 1. The van der Waals surface area contributed by atoms with E-state index in [4.69, 9.17) is 4.74 Å². The third-order valence-corrected chi connectivity index (χ3v) is 5.18. The van der Waals surface area contributed by atoms with E-state index in [1.54, 1.807) is 4.68 Å². The predicted octanol–water partition coefficient (Wildman–Crippen LogP) is 2.22. The summed E-state index contributed by atoms with van der Waals surface area (Å²) in [7, 11) is 0. The summed E-state index contributed by atoms with van der Waals surface area (Å²) in [5.41, 5.74) is -0.261. The summed E-state index contributed by atoms with van der Waals surface area (Å²) < 4.78 is 34.4. The van der Waals surface area contributed by atoms with E-state index < -0.39 is 29.5 Å². The Morgan fingerprint density at radius 3 is 2.93 bits per heavy atom. The highest BCUT2D eigenvalue weighted by atomic mass is 19.1. The highest BCUT2D eigenvalue weighted by molar-refractivity contribution is 6.01. The molecule has 29 heavy (non-hydrogen) atoms. The topological polar surface area (TPSA) is 98.1 Å². The summed E-state index contributed by atoms with van der Waals surface area (Å²) in [4.78, 5) is 29.4. The first kappa shape index (κ1) is 19.3. The van der Waals surface area contributed by atoms with Gasteiger partial charge in [0.1, 0.15) is 35.7 Å². The van der Waals surface area contributed by atoms with Crippen LogP contribution in [0.5, 0.6) is 5.75 Å². The second kappa shape index (κ2) is 7.41. The molecule has 0 fully saturated rings. The Morgan fingerprint density at radius 1 is 1.38 bits per heavy atom. The van der Waals surface area contributed by atoms with E-state index in [1.807, 2.05) is 0 Å². The van der Waals surface area contributed by atoms with Gasteiger partial charge in [-0.2, -0.15) is 0 Å². The fraction of sp³-hybridized carbons (Fsp3) is 0.474. The van der Waals surface area contributed by atoms with Crippen LogP contribution < -0.4 is 15.4 Å². The summed E-state index contributed by atoms with van der Waals surface area (Å²) in [5, 5.41) is 9.19. The molecule has 2 aromatic rings. The largest absolute Gasteiger partial charge is 0.488 e. The minimum atomic E-state index is -1.11. The van der Waals surface area contributed by atoms with Gasteiger partial charge in [-0.25, -0.2) is 18.4 Å². The molecule has 0 aliphatic carbocycles. The molecule has 0 unspecified atom stereocenters. The molecule has 8 nitrogen and oxygen atoms in total. The van der Waals surface area contributed by atoms with Crippen LogP contribution in [0.15, 0.2) is 12.1 Å². The average molecular weight is 405 g/mol. The number of anilines is 1. The number of benzene rings is 1. The van der Waals surface area contributed by atoms with Crippen LogP contribution in [0, 0.1) is 17.6 Å². The Balaban J connectivity index is 1.51. The maximum absolute atomic E-state index is 13.9. The zero-order valence-electron chi connectivity index (χ0n) is 16.0. The van der Waals surface area contributed by atoms with Crippen LogP contribution >= 0.6 is 0 Å². The summed E-state index contributed by atoms with van der Waals surface area (Å²) in [5.74, 6) is -2.16. The monoisotopic (exact) mass is 405 g/mol. The molecule has 4 rings (SSSR count). The lowest BCUT2D eigenvalue weighted by Crippen LogP contribution is -2.46. The number of halogens is 2. The molecule has 1 aromatic carbocycles. The van der Waals surface area contributed by atoms with Crippen LogP contribution in [0.25, 0.3) is 0 Å². The molecular formula is C19H21F2N5O3. The van der Waals surface area contributed by atoms with Crippen molar-refractivity contribution in [3.05, 3.63) is 35.4 Å². The van der Waals surface area contributed by atoms with E-state index in [9.17, 15) is 18.4 Å². The van der Waals surface area contributed by atoms with Gasteiger partial charge in [0, 0.05) is 18.6 Å². The summed E-state index contributed by atoms with van der Waals surface area (Å²) in [6, 6.07) is 0.676. The van der Waals surface area contributed by atoms with Crippen molar-refractivity contribution in [2.75, 3.05) is 11.9 Å². The number of aromatic nitrogens is 3. The molecule has 2 aliphatic rings. The SMILES string of the molecule is CC(C)[C@@H]1CCCc2nc(C(=O)N[C@H]3COc4cc(F)cc(F)c4NC3=O)nn21. The van der Waals surface area contributed by atoms with E-state index in [0.29, 0.717) is 12.0 Å². The summed E-state index contributed by atoms with van der Waals surface area (Å²) >= 11 is 0. The third kappa shape index (κ3) is 3.66. The molecule has 0 saturated carbocycles. The number of rotatable bonds is 3. The maximum atomic E-state index is 13.9. The fourth-order valence-corrected chi connectivity index (χ4v) is 3.67. The lowest BCUT2D eigenvalue weighted by molar-refractivity contribution is -0.118. The Labute approximate surface area is 165 Å². The molecule has 2 amide bonds. The zero-order valence-corrected chi connectivity index (χ0v) is 16.0. The van der Waals surface area contributed by atoms with Crippen molar-refractivity contribution in [3.8, 4) is 5.75 Å². The first-order chi connectivity index (χ1) is 13.8. The van der Waals surface area contributed by atoms with Gasteiger partial charge in [-0.05, 0) is 18.8 Å². The number of hydrogen-bond acceptors (Lipinski definition) is 5. The van der Waals surface area contributed by atoms with Gasteiger partial charge in [0.15, 0.2) is 5.82 Å². The van der Waals surface area contributed by atoms with Gasteiger partial charge in [-0.15, -0.1) is 5.10 Å².